The average molecular weight is 484 g/mol. The van der Waals surface area contributed by atoms with Gasteiger partial charge in [-0.3, -0.25) is 13.6 Å². The van der Waals surface area contributed by atoms with E-state index < -0.39 is 35.0 Å². The topological polar surface area (TPSA) is 82.1 Å². The molecule has 178 valence electrons. The smallest absolute Gasteiger partial charge is 0.311 e. The Morgan fingerprint density at radius 1 is 0.875 bits per heavy atom. The van der Waals surface area contributed by atoms with E-state index in [0.29, 0.717) is 13.1 Å². The van der Waals surface area contributed by atoms with Gasteiger partial charge in [0, 0.05) is 27.3 Å². The van der Waals surface area contributed by atoms with E-state index in [9.17, 15) is 13.0 Å². The molecule has 0 saturated carbocycles. The third-order valence-electron chi connectivity index (χ3n) is 5.07. The molecular weight excluding hydrogens is 449 g/mol. The van der Waals surface area contributed by atoms with Crippen LogP contribution in [0.3, 0.4) is 0 Å². The number of hydrogen-bond acceptors (Lipinski definition) is 7. The van der Waals surface area contributed by atoms with Crippen molar-refractivity contribution in [1.82, 2.24) is 4.90 Å². The highest BCUT2D eigenvalue weighted by atomic mass is 32.2. The van der Waals surface area contributed by atoms with Gasteiger partial charge in [-0.1, -0.05) is 81.4 Å². The summed E-state index contributed by atoms with van der Waals surface area (Å²) in [5, 5.41) is 0. The number of rotatable bonds is 11. The van der Waals surface area contributed by atoms with Crippen LogP contribution in [-0.4, -0.2) is 45.7 Å². The summed E-state index contributed by atoms with van der Waals surface area (Å²) >= 11 is 0. The average Bonchev–Trinajstić information content (AvgIpc) is 2.73. The van der Waals surface area contributed by atoms with Gasteiger partial charge < -0.3 is 9.05 Å². The Bertz CT molecular complexity index is 943. The van der Waals surface area contributed by atoms with Crippen LogP contribution >= 0.6 is 7.60 Å². The van der Waals surface area contributed by atoms with Crippen molar-refractivity contribution in [1.29, 1.82) is 0 Å². The summed E-state index contributed by atoms with van der Waals surface area (Å²) in [5.41, 5.74) is 1.24. The summed E-state index contributed by atoms with van der Waals surface area (Å²) in [6.45, 7) is 6.30. The molecule has 0 aliphatic carbocycles. The van der Waals surface area contributed by atoms with Crippen molar-refractivity contribution in [3.63, 3.8) is 0 Å². The maximum atomic E-state index is 13.9. The Morgan fingerprint density at radius 3 is 1.59 bits per heavy atom. The van der Waals surface area contributed by atoms with E-state index >= 15 is 0 Å². The Balaban J connectivity index is 2.67. The molecule has 32 heavy (non-hydrogen) atoms. The van der Waals surface area contributed by atoms with E-state index in [1.54, 1.807) is 0 Å². The van der Waals surface area contributed by atoms with Gasteiger partial charge in [0.1, 0.15) is 11.9 Å². The SMILES string of the molecule is COP(=O)(OC)[C@@H]([C@H](OS(C)(=O)=O)C(C)(C)C)N(Cc1ccccc1)Cc1ccccc1. The Kier molecular flexibility index (Phi) is 9.23. The minimum absolute atomic E-state index is 0.386. The fraction of sp³-hybridized carbons (Fsp3) is 0.478. The minimum atomic E-state index is -3.87. The van der Waals surface area contributed by atoms with E-state index in [4.69, 9.17) is 13.2 Å². The molecule has 2 atom stereocenters. The van der Waals surface area contributed by atoms with Crippen molar-refractivity contribution in [2.45, 2.75) is 45.7 Å². The second kappa shape index (κ2) is 11.1. The fourth-order valence-corrected chi connectivity index (χ4v) is 6.39. The summed E-state index contributed by atoms with van der Waals surface area (Å²) in [4.78, 5) is 1.92. The van der Waals surface area contributed by atoms with Crippen LogP contribution in [0.4, 0.5) is 0 Å². The van der Waals surface area contributed by atoms with Gasteiger partial charge >= 0.3 is 7.60 Å². The normalized spacial score (nSPS) is 15.0. The van der Waals surface area contributed by atoms with E-state index in [-0.39, 0.29) is 0 Å². The van der Waals surface area contributed by atoms with Crippen molar-refractivity contribution in [3.8, 4) is 0 Å². The van der Waals surface area contributed by atoms with Gasteiger partial charge in [0.2, 0.25) is 0 Å². The van der Waals surface area contributed by atoms with E-state index in [1.807, 2.05) is 86.3 Å². The van der Waals surface area contributed by atoms with Crippen LogP contribution in [0.2, 0.25) is 0 Å². The van der Waals surface area contributed by atoms with Crippen molar-refractivity contribution < 1.29 is 26.2 Å². The molecule has 2 rings (SSSR count). The van der Waals surface area contributed by atoms with E-state index in [0.717, 1.165) is 17.4 Å². The quantitative estimate of drug-likeness (QED) is 0.332. The molecule has 0 heterocycles. The zero-order valence-corrected chi connectivity index (χ0v) is 21.3. The maximum Gasteiger partial charge on any atom is 0.349 e. The first kappa shape index (κ1) is 26.7. The molecule has 0 saturated heterocycles. The standard InChI is InChI=1S/C23H34NO6PS/c1-23(2,3)21(30-32(6,26)27)22(31(25,28-4)29-5)24(17-19-13-9-7-10-14-19)18-20-15-11-8-12-16-20/h7-16,21-22H,17-18H2,1-6H3/t21-,22-/m0/s1. The van der Waals surface area contributed by atoms with Gasteiger partial charge in [0.15, 0.2) is 0 Å². The van der Waals surface area contributed by atoms with Crippen LogP contribution in [0.5, 0.6) is 0 Å². The molecule has 0 aromatic heterocycles. The second-order valence-electron chi connectivity index (χ2n) is 8.78. The molecule has 0 fully saturated rings. The molecule has 0 aliphatic rings. The first-order valence-corrected chi connectivity index (χ1v) is 13.7. The van der Waals surface area contributed by atoms with Crippen molar-refractivity contribution in [2.24, 2.45) is 5.41 Å². The zero-order chi connectivity index (χ0) is 24.0. The summed E-state index contributed by atoms with van der Waals surface area (Å²) in [6.07, 6.45) is -0.0119. The minimum Gasteiger partial charge on any atom is -0.311 e. The van der Waals surface area contributed by atoms with Crippen LogP contribution in [0.25, 0.3) is 0 Å². The maximum absolute atomic E-state index is 13.9. The van der Waals surface area contributed by atoms with Crippen molar-refractivity contribution in [2.75, 3.05) is 20.5 Å². The number of benzene rings is 2. The lowest BCUT2D eigenvalue weighted by molar-refractivity contribution is 0.0163. The fourth-order valence-electron chi connectivity index (χ4n) is 3.56. The number of hydrogen-bond donors (Lipinski definition) is 0. The highest BCUT2D eigenvalue weighted by Gasteiger charge is 2.50. The zero-order valence-electron chi connectivity index (χ0n) is 19.6. The first-order valence-electron chi connectivity index (χ1n) is 10.3. The van der Waals surface area contributed by atoms with Gasteiger partial charge in [-0.15, -0.1) is 0 Å². The first-order chi connectivity index (χ1) is 14.9. The van der Waals surface area contributed by atoms with Gasteiger partial charge in [0.05, 0.1) is 6.26 Å². The predicted molar refractivity (Wildman–Crippen MR) is 127 cm³/mol. The van der Waals surface area contributed by atoms with Crippen molar-refractivity contribution in [3.05, 3.63) is 71.8 Å². The molecule has 0 N–H and O–H groups in total. The molecule has 0 aliphatic heterocycles. The lowest BCUT2D eigenvalue weighted by atomic mass is 9.88. The van der Waals surface area contributed by atoms with E-state index in [1.165, 1.54) is 14.2 Å². The summed E-state index contributed by atoms with van der Waals surface area (Å²) in [5.74, 6) is -0.993. The molecule has 0 spiro atoms. The molecular formula is C23H34NO6PS. The van der Waals surface area contributed by atoms with Crippen LogP contribution in [0.1, 0.15) is 31.9 Å². The molecule has 9 heteroatoms. The van der Waals surface area contributed by atoms with Gasteiger partial charge in [0.25, 0.3) is 10.1 Å². The van der Waals surface area contributed by atoms with Gasteiger partial charge in [-0.2, -0.15) is 8.42 Å². The second-order valence-corrected chi connectivity index (χ2v) is 12.7. The molecule has 0 bridgehead atoms. The summed E-state index contributed by atoms with van der Waals surface area (Å²) < 4.78 is 54.7. The van der Waals surface area contributed by atoms with Crippen molar-refractivity contribution >= 4 is 17.7 Å². The molecule has 2 aromatic carbocycles. The third kappa shape index (κ3) is 7.51. The molecule has 0 radical (unpaired) electrons. The monoisotopic (exact) mass is 483 g/mol. The highest BCUT2D eigenvalue weighted by Crippen LogP contribution is 2.57. The highest BCUT2D eigenvalue weighted by molar-refractivity contribution is 7.86. The summed E-state index contributed by atoms with van der Waals surface area (Å²) in [6, 6.07) is 19.4. The Labute approximate surface area is 192 Å². The largest absolute Gasteiger partial charge is 0.349 e. The molecule has 0 unspecified atom stereocenters. The van der Waals surface area contributed by atoms with Crippen LogP contribution in [0.15, 0.2) is 60.7 Å². The predicted octanol–water partition coefficient (Wildman–Crippen LogP) is 4.89. The molecule has 7 nitrogen and oxygen atoms in total. The van der Waals surface area contributed by atoms with Gasteiger partial charge in [-0.05, 0) is 16.5 Å². The lowest BCUT2D eigenvalue weighted by Crippen LogP contribution is -2.50. The summed E-state index contributed by atoms with van der Waals surface area (Å²) in [7, 11) is -5.08. The Hall–Kier alpha value is -1.54. The van der Waals surface area contributed by atoms with Gasteiger partial charge in [-0.25, -0.2) is 0 Å². The number of nitrogens with zero attached hydrogens (tertiary/aromatic N) is 1. The van der Waals surface area contributed by atoms with Crippen LogP contribution < -0.4 is 0 Å². The third-order valence-corrected chi connectivity index (χ3v) is 7.89. The van der Waals surface area contributed by atoms with E-state index in [2.05, 4.69) is 0 Å². The molecule has 2 aromatic rings. The molecule has 0 amide bonds. The van der Waals surface area contributed by atoms with Crippen LogP contribution in [-0.2, 0) is 41.0 Å². The van der Waals surface area contributed by atoms with Crippen LogP contribution in [0, 0.1) is 5.41 Å². The Morgan fingerprint density at radius 2 is 1.28 bits per heavy atom. The lowest BCUT2D eigenvalue weighted by Gasteiger charge is -2.43.